The summed E-state index contributed by atoms with van der Waals surface area (Å²) >= 11 is 1.63. The molecule has 0 bridgehead atoms. The molecule has 2 aromatic carbocycles. The Morgan fingerprint density at radius 2 is 1.77 bits per heavy atom. The van der Waals surface area contributed by atoms with Gasteiger partial charge in [0.05, 0.1) is 11.3 Å². The van der Waals surface area contributed by atoms with E-state index < -0.39 is 16.8 Å². The number of benzene rings is 2. The zero-order valence-corrected chi connectivity index (χ0v) is 15.0. The Bertz CT molecular complexity index is 775. The van der Waals surface area contributed by atoms with Crippen LogP contribution in [0, 0.1) is 10.1 Å². The van der Waals surface area contributed by atoms with E-state index in [1.165, 1.54) is 24.3 Å². The fraction of sp³-hybridized carbons (Fsp3) is 0.222. The molecule has 0 aromatic heterocycles. The van der Waals surface area contributed by atoms with E-state index in [1.807, 2.05) is 30.5 Å². The van der Waals surface area contributed by atoms with Crippen LogP contribution in [-0.4, -0.2) is 29.6 Å². The average Bonchev–Trinajstić information content (AvgIpc) is 2.66. The molecule has 0 atom stereocenters. The van der Waals surface area contributed by atoms with Crippen molar-refractivity contribution in [2.45, 2.75) is 17.9 Å². The van der Waals surface area contributed by atoms with Gasteiger partial charge in [-0.3, -0.25) is 19.7 Å². The third kappa shape index (κ3) is 5.89. The van der Waals surface area contributed by atoms with E-state index >= 15 is 0 Å². The Balaban J connectivity index is 1.71. The predicted molar refractivity (Wildman–Crippen MR) is 98.1 cm³/mol. The minimum atomic E-state index is -0.535. The lowest BCUT2D eigenvalue weighted by atomic mass is 10.2. The van der Waals surface area contributed by atoms with Gasteiger partial charge in [0.1, 0.15) is 6.61 Å². The summed E-state index contributed by atoms with van der Waals surface area (Å²) in [6.07, 6.45) is 2.03. The van der Waals surface area contributed by atoms with Crippen LogP contribution in [0.4, 0.5) is 5.69 Å². The Morgan fingerprint density at radius 3 is 2.35 bits per heavy atom. The summed E-state index contributed by atoms with van der Waals surface area (Å²) in [4.78, 5) is 34.8. The molecule has 0 saturated carbocycles. The number of amides is 1. The van der Waals surface area contributed by atoms with Gasteiger partial charge in [0, 0.05) is 29.1 Å². The molecule has 2 aromatic rings. The van der Waals surface area contributed by atoms with E-state index in [0.717, 1.165) is 10.5 Å². The van der Waals surface area contributed by atoms with Crippen molar-refractivity contribution in [1.29, 1.82) is 0 Å². The summed E-state index contributed by atoms with van der Waals surface area (Å²) in [5.74, 6) is -0.816. The van der Waals surface area contributed by atoms with Gasteiger partial charge in [-0.05, 0) is 36.1 Å². The van der Waals surface area contributed by atoms with Gasteiger partial charge in [-0.15, -0.1) is 11.8 Å². The fourth-order valence-electron chi connectivity index (χ4n) is 2.07. The number of carbonyl (C=O) groups is 2. The van der Waals surface area contributed by atoms with Crippen LogP contribution in [0.25, 0.3) is 0 Å². The summed E-state index contributed by atoms with van der Waals surface area (Å²) in [6, 6.07) is 13.0. The van der Waals surface area contributed by atoms with Gasteiger partial charge >= 0.3 is 5.97 Å². The van der Waals surface area contributed by atoms with Crippen LogP contribution >= 0.6 is 11.8 Å². The van der Waals surface area contributed by atoms with E-state index in [1.54, 1.807) is 11.8 Å². The largest absolute Gasteiger partial charge is 0.461 e. The molecule has 0 spiro atoms. The summed E-state index contributed by atoms with van der Waals surface area (Å²) in [5, 5.41) is 13.2. The standard InChI is InChI=1S/C18H18N2O5S/c1-26-16-8-2-13(3-9-16)12-25-17(21)10-11-19-18(22)14-4-6-15(7-5-14)20(23)24/h2-9H,10-12H2,1H3,(H,19,22). The lowest BCUT2D eigenvalue weighted by molar-refractivity contribution is -0.384. The van der Waals surface area contributed by atoms with Gasteiger partial charge in [0.25, 0.3) is 11.6 Å². The Hall–Kier alpha value is -2.87. The number of ether oxygens (including phenoxy) is 1. The molecule has 2 rings (SSSR count). The number of esters is 1. The number of rotatable bonds is 8. The van der Waals surface area contributed by atoms with Gasteiger partial charge in [-0.2, -0.15) is 0 Å². The molecule has 0 saturated heterocycles. The molecule has 0 unspecified atom stereocenters. The number of hydrogen-bond acceptors (Lipinski definition) is 6. The van der Waals surface area contributed by atoms with Crippen LogP contribution in [0.5, 0.6) is 0 Å². The molecule has 7 nitrogen and oxygen atoms in total. The first kappa shape index (κ1) is 19.5. The maximum atomic E-state index is 11.9. The highest BCUT2D eigenvalue weighted by Crippen LogP contribution is 2.15. The van der Waals surface area contributed by atoms with E-state index in [9.17, 15) is 19.7 Å². The third-order valence-corrected chi connectivity index (χ3v) is 4.26. The SMILES string of the molecule is CSc1ccc(COC(=O)CCNC(=O)c2ccc([N+](=O)[O-])cc2)cc1. The first-order valence-electron chi connectivity index (χ1n) is 7.81. The van der Waals surface area contributed by atoms with Gasteiger partial charge in [0.15, 0.2) is 0 Å². The Morgan fingerprint density at radius 1 is 1.12 bits per heavy atom. The monoisotopic (exact) mass is 374 g/mol. The fourth-order valence-corrected chi connectivity index (χ4v) is 2.48. The molecule has 0 aliphatic rings. The molecule has 1 amide bonds. The minimum Gasteiger partial charge on any atom is -0.461 e. The molecule has 0 fully saturated rings. The number of hydrogen-bond donors (Lipinski definition) is 1. The molecule has 26 heavy (non-hydrogen) atoms. The number of nitrogens with zero attached hydrogens (tertiary/aromatic N) is 1. The second-order valence-corrected chi connectivity index (χ2v) is 6.20. The average molecular weight is 374 g/mol. The van der Waals surface area contributed by atoms with Crippen molar-refractivity contribution in [3.63, 3.8) is 0 Å². The smallest absolute Gasteiger partial charge is 0.307 e. The zero-order valence-electron chi connectivity index (χ0n) is 14.1. The summed E-state index contributed by atoms with van der Waals surface area (Å²) in [5.41, 5.74) is 1.10. The van der Waals surface area contributed by atoms with Gasteiger partial charge in [-0.25, -0.2) is 0 Å². The maximum absolute atomic E-state index is 11.9. The topological polar surface area (TPSA) is 98.5 Å². The van der Waals surface area contributed by atoms with Crippen LogP contribution < -0.4 is 5.32 Å². The quantitative estimate of drug-likeness (QED) is 0.330. The molecule has 0 heterocycles. The molecular weight excluding hydrogens is 356 g/mol. The van der Waals surface area contributed by atoms with Crippen molar-refractivity contribution in [2.24, 2.45) is 0 Å². The lowest BCUT2D eigenvalue weighted by Crippen LogP contribution is -2.26. The van der Waals surface area contributed by atoms with Gasteiger partial charge in [0.2, 0.25) is 0 Å². The van der Waals surface area contributed by atoms with Gasteiger partial charge in [-0.1, -0.05) is 12.1 Å². The predicted octanol–water partition coefficient (Wildman–Crippen LogP) is 3.18. The second kappa shape index (κ2) is 9.57. The lowest BCUT2D eigenvalue weighted by Gasteiger charge is -2.07. The first-order valence-corrected chi connectivity index (χ1v) is 9.03. The zero-order chi connectivity index (χ0) is 18.9. The van der Waals surface area contributed by atoms with E-state index in [2.05, 4.69) is 5.32 Å². The number of nitro groups is 1. The molecule has 136 valence electrons. The van der Waals surface area contributed by atoms with Crippen molar-refractivity contribution in [2.75, 3.05) is 12.8 Å². The van der Waals surface area contributed by atoms with Crippen molar-refractivity contribution in [3.05, 3.63) is 69.8 Å². The van der Waals surface area contributed by atoms with Crippen LogP contribution in [-0.2, 0) is 16.1 Å². The number of non-ortho nitro benzene ring substituents is 1. The van der Waals surface area contributed by atoms with Crippen molar-refractivity contribution in [1.82, 2.24) is 5.32 Å². The van der Waals surface area contributed by atoms with Crippen molar-refractivity contribution < 1.29 is 19.2 Å². The molecule has 0 aliphatic carbocycles. The minimum absolute atomic E-state index is 0.0433. The number of nitrogens with one attached hydrogen (secondary N) is 1. The van der Waals surface area contributed by atoms with Crippen molar-refractivity contribution in [3.8, 4) is 0 Å². The van der Waals surface area contributed by atoms with E-state index in [-0.39, 0.29) is 30.8 Å². The highest BCUT2D eigenvalue weighted by Gasteiger charge is 2.10. The van der Waals surface area contributed by atoms with E-state index in [0.29, 0.717) is 0 Å². The number of thioether (sulfide) groups is 1. The molecule has 8 heteroatoms. The van der Waals surface area contributed by atoms with Crippen LogP contribution in [0.15, 0.2) is 53.4 Å². The summed E-state index contributed by atoms with van der Waals surface area (Å²) in [7, 11) is 0. The van der Waals surface area contributed by atoms with Crippen LogP contribution in [0.2, 0.25) is 0 Å². The Labute approximate surface area is 154 Å². The number of carbonyl (C=O) groups excluding carboxylic acids is 2. The Kier molecular flexibility index (Phi) is 7.16. The third-order valence-electron chi connectivity index (χ3n) is 3.51. The maximum Gasteiger partial charge on any atom is 0.307 e. The molecular formula is C18H18N2O5S. The summed E-state index contributed by atoms with van der Waals surface area (Å²) in [6.45, 7) is 0.309. The van der Waals surface area contributed by atoms with Crippen LogP contribution in [0.1, 0.15) is 22.3 Å². The second-order valence-electron chi connectivity index (χ2n) is 5.32. The van der Waals surface area contributed by atoms with E-state index in [4.69, 9.17) is 4.74 Å². The molecule has 1 N–H and O–H groups in total. The highest BCUT2D eigenvalue weighted by atomic mass is 32.2. The number of nitro benzene ring substituents is 1. The first-order chi connectivity index (χ1) is 12.5. The normalized spacial score (nSPS) is 10.2. The summed E-state index contributed by atoms with van der Waals surface area (Å²) < 4.78 is 5.16. The molecule has 0 radical (unpaired) electrons. The molecule has 0 aliphatic heterocycles. The van der Waals surface area contributed by atoms with Crippen LogP contribution in [0.3, 0.4) is 0 Å². The van der Waals surface area contributed by atoms with Gasteiger partial charge < -0.3 is 10.1 Å². The van der Waals surface area contributed by atoms with Crippen molar-refractivity contribution >= 4 is 29.3 Å². The highest BCUT2D eigenvalue weighted by molar-refractivity contribution is 7.98.